The Hall–Kier alpha value is -0.810. The predicted molar refractivity (Wildman–Crippen MR) is 32.6 cm³/mol. The molecule has 1 nitrogen and oxygen atoms in total. The van der Waals surface area contributed by atoms with E-state index in [-0.39, 0.29) is 0 Å². The third-order valence-electron chi connectivity index (χ3n) is 1.77. The molecule has 0 saturated carbocycles. The van der Waals surface area contributed by atoms with Gasteiger partial charge in [-0.25, -0.2) is 0 Å². The normalized spacial score (nSPS) is 17.2. The zero-order valence-electron chi connectivity index (χ0n) is 7.76. The van der Waals surface area contributed by atoms with Gasteiger partial charge in [-0.1, -0.05) is 0 Å². The fraction of sp³-hybridized carbons (Fsp3) is 1.00. The molecule has 1 unspecified atom stereocenters. The van der Waals surface area contributed by atoms with E-state index in [1.165, 1.54) is 0 Å². The first kappa shape index (κ1) is 17.2. The van der Waals surface area contributed by atoms with Crippen molar-refractivity contribution in [3.05, 3.63) is 0 Å². The summed E-state index contributed by atoms with van der Waals surface area (Å²) in [6.45, 7) is 0. The average Bonchev–Trinajstić information content (AvgIpc) is 1.95. The fourth-order valence-corrected chi connectivity index (χ4v) is 0.921. The van der Waals surface area contributed by atoms with Gasteiger partial charge in [0.25, 0.3) is 0 Å². The summed E-state index contributed by atoms with van der Waals surface area (Å²) in [5, 5.41) is 8.13. The van der Waals surface area contributed by atoms with E-state index in [4.69, 9.17) is 5.11 Å². The lowest BCUT2D eigenvalue weighted by atomic mass is 9.95. The second-order valence-corrected chi connectivity index (χ2v) is 3.13. The third-order valence-corrected chi connectivity index (χ3v) is 1.77. The van der Waals surface area contributed by atoms with E-state index in [2.05, 4.69) is 0 Å². The molecule has 1 N–H and O–H groups in total. The molecule has 0 bridgehead atoms. The quantitative estimate of drug-likeness (QED) is 0.776. The van der Waals surface area contributed by atoms with Crippen molar-refractivity contribution >= 4 is 0 Å². The average molecular weight is 300 g/mol. The lowest BCUT2D eigenvalue weighted by Gasteiger charge is -2.32. The van der Waals surface area contributed by atoms with Crippen molar-refractivity contribution in [3.63, 3.8) is 0 Å². The van der Waals surface area contributed by atoms with Gasteiger partial charge in [-0.3, -0.25) is 0 Å². The molecule has 0 aromatic carbocycles. The highest BCUT2D eigenvalue weighted by Gasteiger charge is 2.72. The van der Waals surface area contributed by atoms with Crippen LogP contribution in [-0.4, -0.2) is 35.7 Å². The van der Waals surface area contributed by atoms with Gasteiger partial charge in [-0.2, -0.15) is 48.3 Å². The Morgan fingerprint density at radius 1 is 0.611 bits per heavy atom. The second kappa shape index (κ2) is 4.38. The number of aliphatic hydroxyl groups is 1. The summed E-state index contributed by atoms with van der Waals surface area (Å²) in [5.74, 6) is -11.8. The Morgan fingerprint density at radius 2 is 0.889 bits per heavy atom. The summed E-state index contributed by atoms with van der Waals surface area (Å²) in [7, 11) is 0. The van der Waals surface area contributed by atoms with Crippen LogP contribution >= 0.6 is 0 Å². The molecule has 0 saturated heterocycles. The van der Waals surface area contributed by atoms with Gasteiger partial charge in [0, 0.05) is 0 Å². The van der Waals surface area contributed by atoms with Gasteiger partial charge in [0.1, 0.15) is 6.10 Å². The van der Waals surface area contributed by atoms with E-state index in [1.54, 1.807) is 0 Å². The minimum atomic E-state index is -6.75. The lowest BCUT2D eigenvalue weighted by Crippen LogP contribution is -2.57. The SMILES string of the molecule is OC(C(C(F)(F)F)C(F)(F)F)C(F)(F)C(F)(F)F. The number of hydrogen-bond acceptors (Lipinski definition) is 1. The van der Waals surface area contributed by atoms with Crippen molar-refractivity contribution in [2.24, 2.45) is 5.92 Å². The maximum Gasteiger partial charge on any atom is 0.456 e. The van der Waals surface area contributed by atoms with Crippen LogP contribution in [0, 0.1) is 5.92 Å². The van der Waals surface area contributed by atoms with Crippen molar-refractivity contribution in [3.8, 4) is 0 Å². The highest BCUT2D eigenvalue weighted by atomic mass is 19.4. The van der Waals surface area contributed by atoms with Crippen molar-refractivity contribution in [1.82, 2.24) is 0 Å². The van der Waals surface area contributed by atoms with Crippen molar-refractivity contribution < 1.29 is 53.4 Å². The fourth-order valence-electron chi connectivity index (χ4n) is 0.921. The van der Waals surface area contributed by atoms with Crippen LogP contribution in [0.1, 0.15) is 0 Å². The van der Waals surface area contributed by atoms with Crippen LogP contribution in [0.3, 0.4) is 0 Å². The molecule has 12 heteroatoms. The summed E-state index contributed by atoms with van der Waals surface area (Å²) >= 11 is 0. The lowest BCUT2D eigenvalue weighted by molar-refractivity contribution is -0.370. The van der Waals surface area contributed by atoms with E-state index in [9.17, 15) is 48.3 Å². The maximum absolute atomic E-state index is 12.3. The zero-order valence-corrected chi connectivity index (χ0v) is 7.76. The Morgan fingerprint density at radius 3 is 1.06 bits per heavy atom. The van der Waals surface area contributed by atoms with Crippen molar-refractivity contribution in [2.45, 2.75) is 30.6 Å². The van der Waals surface area contributed by atoms with Crippen molar-refractivity contribution in [2.75, 3.05) is 0 Å². The number of halogens is 11. The highest BCUT2D eigenvalue weighted by molar-refractivity contribution is 4.94. The Kier molecular flexibility index (Phi) is 4.19. The molecule has 0 rings (SSSR count). The largest absolute Gasteiger partial charge is 0.456 e. The Labute approximate surface area is 91.2 Å². The number of aliphatic hydroxyl groups excluding tert-OH is 1. The van der Waals surface area contributed by atoms with E-state index >= 15 is 0 Å². The van der Waals surface area contributed by atoms with Gasteiger partial charge in [0.2, 0.25) is 0 Å². The summed E-state index contributed by atoms with van der Waals surface area (Å²) in [4.78, 5) is 0. The van der Waals surface area contributed by atoms with E-state index in [0.717, 1.165) is 0 Å². The summed E-state index contributed by atoms with van der Waals surface area (Å²) < 4.78 is 130. The first-order valence-electron chi connectivity index (χ1n) is 3.79. The molecule has 18 heavy (non-hydrogen) atoms. The number of alkyl halides is 11. The third kappa shape index (κ3) is 3.36. The summed E-state index contributed by atoms with van der Waals surface area (Å²) in [6, 6.07) is 0. The van der Waals surface area contributed by atoms with Gasteiger partial charge >= 0.3 is 24.5 Å². The minimum Gasteiger partial charge on any atom is -0.385 e. The van der Waals surface area contributed by atoms with Crippen LogP contribution in [0.5, 0.6) is 0 Å². The predicted octanol–water partition coefficient (Wildman–Crippen LogP) is 3.29. The molecular weight excluding hydrogens is 297 g/mol. The molecule has 110 valence electrons. The summed E-state index contributed by atoms with van der Waals surface area (Å²) in [5.41, 5.74) is 0. The maximum atomic E-state index is 12.3. The van der Waals surface area contributed by atoms with Crippen LogP contribution in [0.4, 0.5) is 48.3 Å². The first-order valence-corrected chi connectivity index (χ1v) is 3.79. The van der Waals surface area contributed by atoms with E-state index in [0.29, 0.717) is 0 Å². The molecule has 1 atom stereocenters. The summed E-state index contributed by atoms with van der Waals surface area (Å²) in [6.07, 6.45) is -24.8. The molecule has 0 heterocycles. The highest BCUT2D eigenvalue weighted by Crippen LogP contribution is 2.49. The van der Waals surface area contributed by atoms with Gasteiger partial charge in [-0.05, 0) is 0 Å². The molecule has 0 radical (unpaired) electrons. The van der Waals surface area contributed by atoms with Gasteiger partial charge in [0.15, 0.2) is 5.92 Å². The molecule has 0 aromatic heterocycles. The van der Waals surface area contributed by atoms with Crippen LogP contribution in [-0.2, 0) is 0 Å². The Balaban J connectivity index is 5.57. The van der Waals surface area contributed by atoms with Gasteiger partial charge < -0.3 is 5.11 Å². The van der Waals surface area contributed by atoms with Crippen LogP contribution in [0.25, 0.3) is 0 Å². The molecule has 0 aliphatic heterocycles. The van der Waals surface area contributed by atoms with Crippen LogP contribution in [0.15, 0.2) is 0 Å². The topological polar surface area (TPSA) is 20.2 Å². The van der Waals surface area contributed by atoms with Crippen molar-refractivity contribution in [1.29, 1.82) is 0 Å². The van der Waals surface area contributed by atoms with E-state index < -0.39 is 36.5 Å². The number of rotatable bonds is 2. The molecule has 0 amide bonds. The molecule has 0 spiro atoms. The van der Waals surface area contributed by atoms with Crippen LogP contribution in [0.2, 0.25) is 0 Å². The zero-order chi connectivity index (χ0) is 15.2. The monoisotopic (exact) mass is 300 g/mol. The van der Waals surface area contributed by atoms with Crippen LogP contribution < -0.4 is 0 Å². The second-order valence-electron chi connectivity index (χ2n) is 3.13. The first-order chi connectivity index (χ1) is 7.53. The molecule has 0 fully saturated rings. The Bertz CT molecular complexity index is 269. The smallest absolute Gasteiger partial charge is 0.385 e. The molecular formula is C6H3F11O. The molecule has 0 aliphatic carbocycles. The standard InChI is InChI=1S/C6H3F11O/c7-3(8,6(15,16)17)2(18)1(4(9,10)11)5(12,13)14/h1-2,18H. The van der Waals surface area contributed by atoms with Gasteiger partial charge in [-0.15, -0.1) is 0 Å². The molecule has 0 aliphatic rings. The number of hydrogen-bond donors (Lipinski definition) is 1. The molecule has 0 aromatic rings. The van der Waals surface area contributed by atoms with E-state index in [1.807, 2.05) is 0 Å². The van der Waals surface area contributed by atoms with Gasteiger partial charge in [0.05, 0.1) is 0 Å². The minimum absolute atomic E-state index is 5.02.